The van der Waals surface area contributed by atoms with Gasteiger partial charge >= 0.3 is 0 Å². The van der Waals surface area contributed by atoms with E-state index in [1.54, 1.807) is 0 Å². The molecule has 1 amide bonds. The quantitative estimate of drug-likeness (QED) is 0.665. The molecule has 0 aromatic carbocycles. The molecule has 5 nitrogen and oxygen atoms in total. The highest BCUT2D eigenvalue weighted by atomic mass is 16.5. The summed E-state index contributed by atoms with van der Waals surface area (Å²) in [5.41, 5.74) is 0.197. The molecule has 0 aliphatic rings. The largest absolute Gasteiger partial charge is 0.479 e. The number of carbonyl (C=O) groups excluding carboxylic acids is 1. The number of amides is 1. The Hall–Kier alpha value is -1.65. The number of carbonyl (C=O) groups is 1. The first-order valence-corrected chi connectivity index (χ1v) is 3.36. The van der Waals surface area contributed by atoms with E-state index in [-0.39, 0.29) is 17.5 Å². The summed E-state index contributed by atoms with van der Waals surface area (Å²) in [4.78, 5) is 18.7. The van der Waals surface area contributed by atoms with Crippen molar-refractivity contribution in [3.8, 4) is 5.88 Å². The van der Waals surface area contributed by atoms with Gasteiger partial charge in [0.05, 0.1) is 7.11 Å². The van der Waals surface area contributed by atoms with E-state index in [1.165, 1.54) is 26.6 Å². The van der Waals surface area contributed by atoms with Crippen LogP contribution in [0.1, 0.15) is 10.5 Å². The zero-order valence-electron chi connectivity index (χ0n) is 6.87. The third-order valence-electron chi connectivity index (χ3n) is 1.30. The third kappa shape index (κ3) is 1.50. The fourth-order valence-corrected chi connectivity index (χ4v) is 0.749. The molecular weight excluding hydrogens is 158 g/mol. The van der Waals surface area contributed by atoms with Gasteiger partial charge in [0.2, 0.25) is 5.88 Å². The number of ether oxygens (including phenoxy) is 1. The van der Waals surface area contributed by atoms with Crippen molar-refractivity contribution in [2.75, 3.05) is 14.2 Å². The van der Waals surface area contributed by atoms with E-state index in [0.717, 1.165) is 0 Å². The minimum atomic E-state index is -0.306. The Kier molecular flexibility index (Phi) is 2.57. The lowest BCUT2D eigenvalue weighted by molar-refractivity contribution is 0.0954. The highest BCUT2D eigenvalue weighted by Gasteiger charge is 2.11. The summed E-state index contributed by atoms with van der Waals surface area (Å²) in [5.74, 6) is -0.0724. The van der Waals surface area contributed by atoms with Crippen molar-refractivity contribution < 1.29 is 9.53 Å². The van der Waals surface area contributed by atoms with Gasteiger partial charge in [-0.25, -0.2) is 9.97 Å². The van der Waals surface area contributed by atoms with Crippen LogP contribution in [0.3, 0.4) is 0 Å². The molecule has 0 saturated carbocycles. The van der Waals surface area contributed by atoms with E-state index in [0.29, 0.717) is 0 Å². The first kappa shape index (κ1) is 8.45. The van der Waals surface area contributed by atoms with E-state index in [9.17, 15) is 4.79 Å². The van der Waals surface area contributed by atoms with Crippen molar-refractivity contribution in [3.05, 3.63) is 18.1 Å². The van der Waals surface area contributed by atoms with E-state index < -0.39 is 0 Å². The second-order valence-electron chi connectivity index (χ2n) is 1.99. The Morgan fingerprint density at radius 1 is 1.50 bits per heavy atom. The Bertz CT molecular complexity index is 288. The summed E-state index contributed by atoms with van der Waals surface area (Å²) in [6.07, 6.45) is 2.90. The van der Waals surface area contributed by atoms with Crippen molar-refractivity contribution >= 4 is 5.91 Å². The summed E-state index contributed by atoms with van der Waals surface area (Å²) in [5, 5.41) is 2.43. The molecule has 0 radical (unpaired) electrons. The van der Waals surface area contributed by atoms with Crippen molar-refractivity contribution in [1.29, 1.82) is 0 Å². The van der Waals surface area contributed by atoms with Crippen LogP contribution in [0.5, 0.6) is 5.88 Å². The van der Waals surface area contributed by atoms with Crippen LogP contribution in [0.15, 0.2) is 12.4 Å². The van der Waals surface area contributed by atoms with Gasteiger partial charge in [-0.2, -0.15) is 0 Å². The molecule has 0 atom stereocenters. The number of hydrogen-bond acceptors (Lipinski definition) is 4. The van der Waals surface area contributed by atoms with Crippen LogP contribution in [0, 0.1) is 0 Å². The molecule has 64 valence electrons. The maximum atomic E-state index is 11.1. The average Bonchev–Trinajstić information content (AvgIpc) is 2.16. The molecule has 0 aliphatic heterocycles. The van der Waals surface area contributed by atoms with Crippen LogP contribution in [0.25, 0.3) is 0 Å². The topological polar surface area (TPSA) is 64.1 Å². The van der Waals surface area contributed by atoms with Gasteiger partial charge in [0.15, 0.2) is 5.69 Å². The molecule has 0 aliphatic carbocycles. The lowest BCUT2D eigenvalue weighted by Gasteiger charge is -2.02. The molecule has 5 heteroatoms. The number of hydrogen-bond donors (Lipinski definition) is 1. The van der Waals surface area contributed by atoms with Gasteiger partial charge in [0.25, 0.3) is 5.91 Å². The van der Waals surface area contributed by atoms with Gasteiger partial charge in [-0.05, 0) is 0 Å². The first-order valence-electron chi connectivity index (χ1n) is 3.36. The molecule has 0 unspecified atom stereocenters. The van der Waals surface area contributed by atoms with Gasteiger partial charge in [0, 0.05) is 19.4 Å². The third-order valence-corrected chi connectivity index (χ3v) is 1.30. The molecule has 1 aromatic heterocycles. The average molecular weight is 167 g/mol. The van der Waals surface area contributed by atoms with Crippen molar-refractivity contribution in [3.63, 3.8) is 0 Å². The fourth-order valence-electron chi connectivity index (χ4n) is 0.749. The van der Waals surface area contributed by atoms with Gasteiger partial charge in [0.1, 0.15) is 0 Å². The van der Waals surface area contributed by atoms with Crippen LogP contribution >= 0.6 is 0 Å². The molecular formula is C7H9N3O2. The normalized spacial score (nSPS) is 9.17. The number of nitrogens with zero attached hydrogens (tertiary/aromatic N) is 2. The smallest absolute Gasteiger partial charge is 0.275 e. The zero-order valence-corrected chi connectivity index (χ0v) is 6.87. The van der Waals surface area contributed by atoms with Crippen LogP contribution in [-0.4, -0.2) is 30.0 Å². The minimum Gasteiger partial charge on any atom is -0.479 e. The van der Waals surface area contributed by atoms with Crippen LogP contribution in [0.2, 0.25) is 0 Å². The predicted octanol–water partition coefficient (Wildman–Crippen LogP) is -0.155. The molecule has 0 saturated heterocycles. The Morgan fingerprint density at radius 3 is 2.75 bits per heavy atom. The summed E-state index contributed by atoms with van der Waals surface area (Å²) in [7, 11) is 2.97. The fraction of sp³-hybridized carbons (Fsp3) is 0.286. The molecule has 1 heterocycles. The number of methoxy groups -OCH3 is 1. The Morgan fingerprint density at radius 2 is 2.17 bits per heavy atom. The SMILES string of the molecule is CNC(=O)c1nccnc1OC. The van der Waals surface area contributed by atoms with E-state index in [1.807, 2.05) is 0 Å². The van der Waals surface area contributed by atoms with Gasteiger partial charge in [-0.15, -0.1) is 0 Å². The van der Waals surface area contributed by atoms with E-state index >= 15 is 0 Å². The lowest BCUT2D eigenvalue weighted by atomic mass is 10.4. The van der Waals surface area contributed by atoms with Crippen molar-refractivity contribution in [1.82, 2.24) is 15.3 Å². The second-order valence-corrected chi connectivity index (χ2v) is 1.99. The summed E-state index contributed by atoms with van der Waals surface area (Å²) < 4.78 is 4.83. The van der Waals surface area contributed by atoms with Crippen molar-refractivity contribution in [2.45, 2.75) is 0 Å². The lowest BCUT2D eigenvalue weighted by Crippen LogP contribution is -2.20. The molecule has 0 spiro atoms. The summed E-state index contributed by atoms with van der Waals surface area (Å²) in [6.45, 7) is 0. The molecule has 1 rings (SSSR count). The van der Waals surface area contributed by atoms with Gasteiger partial charge < -0.3 is 10.1 Å². The monoisotopic (exact) mass is 167 g/mol. The molecule has 12 heavy (non-hydrogen) atoms. The Balaban J connectivity index is 3.04. The van der Waals surface area contributed by atoms with Crippen LogP contribution < -0.4 is 10.1 Å². The van der Waals surface area contributed by atoms with Gasteiger partial charge in [-0.1, -0.05) is 0 Å². The number of nitrogens with one attached hydrogen (secondary N) is 1. The number of rotatable bonds is 2. The maximum Gasteiger partial charge on any atom is 0.275 e. The molecule has 1 aromatic rings. The van der Waals surface area contributed by atoms with Crippen LogP contribution in [0.4, 0.5) is 0 Å². The Labute approximate surface area is 69.8 Å². The van der Waals surface area contributed by atoms with E-state index in [4.69, 9.17) is 4.74 Å². The second kappa shape index (κ2) is 3.66. The number of aromatic nitrogens is 2. The minimum absolute atomic E-state index is 0.197. The maximum absolute atomic E-state index is 11.1. The molecule has 0 fully saturated rings. The van der Waals surface area contributed by atoms with Gasteiger partial charge in [-0.3, -0.25) is 4.79 Å². The standard InChI is InChI=1S/C7H9N3O2/c1-8-6(11)5-7(12-2)10-4-3-9-5/h3-4H,1-2H3,(H,8,11). The molecule has 1 N–H and O–H groups in total. The first-order chi connectivity index (χ1) is 5.79. The predicted molar refractivity (Wildman–Crippen MR) is 42.0 cm³/mol. The molecule has 0 bridgehead atoms. The zero-order chi connectivity index (χ0) is 8.97. The van der Waals surface area contributed by atoms with Crippen molar-refractivity contribution in [2.24, 2.45) is 0 Å². The van der Waals surface area contributed by atoms with E-state index in [2.05, 4.69) is 15.3 Å². The highest BCUT2D eigenvalue weighted by molar-refractivity contribution is 5.94. The summed E-state index contributed by atoms with van der Waals surface area (Å²) >= 11 is 0. The van der Waals surface area contributed by atoms with Crippen LogP contribution in [-0.2, 0) is 0 Å². The highest BCUT2D eigenvalue weighted by Crippen LogP contribution is 2.09. The summed E-state index contributed by atoms with van der Waals surface area (Å²) in [6, 6.07) is 0.